The van der Waals surface area contributed by atoms with Gasteiger partial charge in [-0.05, 0) is 24.1 Å². The van der Waals surface area contributed by atoms with Crippen LogP contribution < -0.4 is 5.73 Å². The molecule has 0 aliphatic carbocycles. The zero-order chi connectivity index (χ0) is 11.5. The molecular weight excluding hydrogens is 201 g/mol. The van der Waals surface area contributed by atoms with Crippen LogP contribution in [0.1, 0.15) is 18.5 Å². The van der Waals surface area contributed by atoms with Crippen molar-refractivity contribution in [2.45, 2.75) is 13.0 Å². The van der Waals surface area contributed by atoms with Crippen molar-refractivity contribution in [1.29, 1.82) is 0 Å². The topological polar surface area (TPSA) is 26.0 Å². The van der Waals surface area contributed by atoms with Gasteiger partial charge in [-0.1, -0.05) is 42.5 Å². The number of nitrogens with two attached hydrogens (primary N) is 1. The Morgan fingerprint density at radius 3 is 2.19 bits per heavy atom. The predicted octanol–water partition coefficient (Wildman–Crippen LogP) is 3.51. The minimum Gasteiger partial charge on any atom is -0.324 e. The molecule has 0 aromatic heterocycles. The third kappa shape index (κ3) is 2.12. The molecule has 0 saturated heterocycles. The van der Waals surface area contributed by atoms with Crippen LogP contribution in [0.2, 0.25) is 0 Å². The van der Waals surface area contributed by atoms with E-state index in [0.29, 0.717) is 5.56 Å². The van der Waals surface area contributed by atoms with Gasteiger partial charge in [0.2, 0.25) is 0 Å². The van der Waals surface area contributed by atoms with Gasteiger partial charge in [-0.15, -0.1) is 0 Å². The summed E-state index contributed by atoms with van der Waals surface area (Å²) in [5, 5.41) is 0. The highest BCUT2D eigenvalue weighted by Gasteiger charge is 2.04. The molecule has 0 spiro atoms. The summed E-state index contributed by atoms with van der Waals surface area (Å²) in [7, 11) is 0. The van der Waals surface area contributed by atoms with Gasteiger partial charge in [-0.2, -0.15) is 0 Å². The van der Waals surface area contributed by atoms with Crippen LogP contribution in [-0.4, -0.2) is 0 Å². The van der Waals surface area contributed by atoms with Gasteiger partial charge in [0.1, 0.15) is 5.82 Å². The lowest BCUT2D eigenvalue weighted by molar-refractivity contribution is 0.631. The van der Waals surface area contributed by atoms with Crippen molar-refractivity contribution in [2.75, 3.05) is 0 Å². The van der Waals surface area contributed by atoms with Crippen molar-refractivity contribution in [3.63, 3.8) is 0 Å². The van der Waals surface area contributed by atoms with Crippen molar-refractivity contribution in [3.05, 3.63) is 59.9 Å². The molecule has 2 aromatic carbocycles. The normalized spacial score (nSPS) is 12.4. The molecule has 2 heteroatoms. The smallest absolute Gasteiger partial charge is 0.131 e. The number of hydrogen-bond acceptors (Lipinski definition) is 1. The largest absolute Gasteiger partial charge is 0.324 e. The summed E-state index contributed by atoms with van der Waals surface area (Å²) >= 11 is 0. The number of hydrogen-bond donors (Lipinski definition) is 1. The Labute approximate surface area is 94.7 Å². The standard InChI is InChI=1S/C14H14FN/c1-10(16)11-6-8-12(9-7-11)13-4-2-3-5-14(13)15/h2-10H,16H2,1H3/t10-/m1/s1. The highest BCUT2D eigenvalue weighted by atomic mass is 19.1. The lowest BCUT2D eigenvalue weighted by Crippen LogP contribution is -2.04. The first-order chi connectivity index (χ1) is 7.68. The highest BCUT2D eigenvalue weighted by Crippen LogP contribution is 2.23. The predicted molar refractivity (Wildman–Crippen MR) is 64.4 cm³/mol. The molecule has 0 saturated carbocycles. The third-order valence-corrected chi connectivity index (χ3v) is 2.62. The lowest BCUT2D eigenvalue weighted by Gasteiger charge is -2.07. The third-order valence-electron chi connectivity index (χ3n) is 2.62. The van der Waals surface area contributed by atoms with Crippen LogP contribution in [-0.2, 0) is 0 Å². The minimum absolute atomic E-state index is 0.00895. The lowest BCUT2D eigenvalue weighted by atomic mass is 10.0. The zero-order valence-electron chi connectivity index (χ0n) is 9.15. The SMILES string of the molecule is C[C@@H](N)c1ccc(-c2ccccc2F)cc1. The Morgan fingerprint density at radius 2 is 1.62 bits per heavy atom. The first-order valence-electron chi connectivity index (χ1n) is 5.29. The van der Waals surface area contributed by atoms with Crippen LogP contribution in [0.3, 0.4) is 0 Å². The van der Waals surface area contributed by atoms with Crippen molar-refractivity contribution >= 4 is 0 Å². The van der Waals surface area contributed by atoms with Crippen molar-refractivity contribution < 1.29 is 4.39 Å². The van der Waals surface area contributed by atoms with Gasteiger partial charge in [0, 0.05) is 11.6 Å². The second-order valence-electron chi connectivity index (χ2n) is 3.89. The summed E-state index contributed by atoms with van der Waals surface area (Å²) in [6, 6.07) is 14.4. The fraction of sp³-hybridized carbons (Fsp3) is 0.143. The summed E-state index contributed by atoms with van der Waals surface area (Å²) in [6.45, 7) is 1.93. The molecule has 2 rings (SSSR count). The molecule has 0 fully saturated rings. The van der Waals surface area contributed by atoms with Crippen LogP contribution in [0.15, 0.2) is 48.5 Å². The molecule has 0 unspecified atom stereocenters. The van der Waals surface area contributed by atoms with Gasteiger partial charge in [-0.3, -0.25) is 0 Å². The summed E-state index contributed by atoms with van der Waals surface area (Å²) in [4.78, 5) is 0. The molecule has 1 nitrogen and oxygen atoms in total. The van der Waals surface area contributed by atoms with Crippen molar-refractivity contribution in [2.24, 2.45) is 5.73 Å². The van der Waals surface area contributed by atoms with Crippen LogP contribution in [0, 0.1) is 5.82 Å². The van der Waals surface area contributed by atoms with Gasteiger partial charge in [0.15, 0.2) is 0 Å². The molecule has 2 aromatic rings. The van der Waals surface area contributed by atoms with Gasteiger partial charge in [0.25, 0.3) is 0 Å². The highest BCUT2D eigenvalue weighted by molar-refractivity contribution is 5.64. The summed E-state index contributed by atoms with van der Waals surface area (Å²) in [5.74, 6) is -0.198. The average molecular weight is 215 g/mol. The number of halogens is 1. The quantitative estimate of drug-likeness (QED) is 0.815. The van der Waals surface area contributed by atoms with E-state index in [1.807, 2.05) is 37.3 Å². The summed E-state index contributed by atoms with van der Waals surface area (Å²) < 4.78 is 13.5. The number of rotatable bonds is 2. The molecule has 1 atom stereocenters. The fourth-order valence-corrected chi connectivity index (χ4v) is 1.66. The van der Waals surface area contributed by atoms with E-state index < -0.39 is 0 Å². The summed E-state index contributed by atoms with van der Waals surface area (Å²) in [5.41, 5.74) is 8.32. The summed E-state index contributed by atoms with van der Waals surface area (Å²) in [6.07, 6.45) is 0. The molecule has 82 valence electrons. The van der Waals surface area contributed by atoms with E-state index in [9.17, 15) is 4.39 Å². The second kappa shape index (κ2) is 4.45. The van der Waals surface area contributed by atoms with E-state index in [1.165, 1.54) is 6.07 Å². The molecule has 0 amide bonds. The Morgan fingerprint density at radius 1 is 1.00 bits per heavy atom. The first-order valence-corrected chi connectivity index (χ1v) is 5.29. The van der Waals surface area contributed by atoms with Gasteiger partial charge in [-0.25, -0.2) is 4.39 Å². The molecule has 16 heavy (non-hydrogen) atoms. The number of benzene rings is 2. The second-order valence-corrected chi connectivity index (χ2v) is 3.89. The molecule has 0 heterocycles. The van der Waals surface area contributed by atoms with E-state index in [2.05, 4.69) is 0 Å². The van der Waals surface area contributed by atoms with Gasteiger partial charge < -0.3 is 5.73 Å². The maximum atomic E-state index is 13.5. The van der Waals surface area contributed by atoms with Crippen LogP contribution in [0.4, 0.5) is 4.39 Å². The van der Waals surface area contributed by atoms with Crippen LogP contribution >= 0.6 is 0 Å². The molecule has 0 aliphatic rings. The molecule has 0 radical (unpaired) electrons. The van der Waals surface area contributed by atoms with E-state index >= 15 is 0 Å². The van der Waals surface area contributed by atoms with Crippen molar-refractivity contribution in [1.82, 2.24) is 0 Å². The average Bonchev–Trinajstić information content (AvgIpc) is 2.30. The molecule has 0 aliphatic heterocycles. The molecule has 2 N–H and O–H groups in total. The zero-order valence-corrected chi connectivity index (χ0v) is 9.15. The van der Waals surface area contributed by atoms with E-state index in [1.54, 1.807) is 12.1 Å². The van der Waals surface area contributed by atoms with Gasteiger partial charge in [0.05, 0.1) is 0 Å². The van der Waals surface area contributed by atoms with E-state index in [0.717, 1.165) is 11.1 Å². The molecular formula is C14H14FN. The van der Waals surface area contributed by atoms with E-state index in [4.69, 9.17) is 5.73 Å². The Hall–Kier alpha value is -1.67. The van der Waals surface area contributed by atoms with Crippen LogP contribution in [0.5, 0.6) is 0 Å². The monoisotopic (exact) mass is 215 g/mol. The Kier molecular flexibility index (Phi) is 3.02. The minimum atomic E-state index is -0.198. The van der Waals surface area contributed by atoms with Crippen molar-refractivity contribution in [3.8, 4) is 11.1 Å². The maximum Gasteiger partial charge on any atom is 0.131 e. The fourth-order valence-electron chi connectivity index (χ4n) is 1.66. The maximum absolute atomic E-state index is 13.5. The van der Waals surface area contributed by atoms with Gasteiger partial charge >= 0.3 is 0 Å². The van der Waals surface area contributed by atoms with Crippen LogP contribution in [0.25, 0.3) is 11.1 Å². The Balaban J connectivity index is 2.39. The molecule has 0 bridgehead atoms. The van der Waals surface area contributed by atoms with E-state index in [-0.39, 0.29) is 11.9 Å². The first kappa shape index (κ1) is 10.8. The Bertz CT molecular complexity index is 474.